The first-order chi connectivity index (χ1) is 13.3. The Kier molecular flexibility index (Phi) is 6.50. The minimum Gasteiger partial charge on any atom is -0.444 e. The van der Waals surface area contributed by atoms with Gasteiger partial charge in [-0.3, -0.25) is 14.5 Å². The first-order valence-corrected chi connectivity index (χ1v) is 10.8. The van der Waals surface area contributed by atoms with Crippen molar-refractivity contribution in [3.05, 3.63) is 0 Å². The van der Waals surface area contributed by atoms with Crippen molar-refractivity contribution in [2.75, 3.05) is 32.7 Å². The molecule has 1 atom stereocenters. The topological polar surface area (TPSA) is 70.2 Å². The molecule has 0 spiro atoms. The summed E-state index contributed by atoms with van der Waals surface area (Å²) in [6, 6.07) is -0.427. The molecule has 3 rings (SSSR count). The zero-order chi connectivity index (χ0) is 20.3. The fourth-order valence-electron chi connectivity index (χ4n) is 4.49. The first-order valence-electron chi connectivity index (χ1n) is 10.8. The Bertz CT molecular complexity index is 587. The van der Waals surface area contributed by atoms with Crippen molar-refractivity contribution in [3.8, 4) is 0 Å². The van der Waals surface area contributed by atoms with Gasteiger partial charge in [0.1, 0.15) is 11.6 Å². The Hall–Kier alpha value is -1.79. The summed E-state index contributed by atoms with van der Waals surface area (Å²) in [5, 5.41) is 0. The monoisotopic (exact) mass is 393 g/mol. The second kappa shape index (κ2) is 8.70. The molecule has 3 aliphatic heterocycles. The van der Waals surface area contributed by atoms with Crippen LogP contribution in [0.3, 0.4) is 0 Å². The van der Waals surface area contributed by atoms with Crippen LogP contribution in [0.4, 0.5) is 4.79 Å². The molecular weight excluding hydrogens is 358 g/mol. The van der Waals surface area contributed by atoms with E-state index in [1.54, 1.807) is 4.90 Å². The maximum atomic E-state index is 13.0. The van der Waals surface area contributed by atoms with Crippen molar-refractivity contribution >= 4 is 17.9 Å². The van der Waals surface area contributed by atoms with Crippen LogP contribution in [0.1, 0.15) is 65.7 Å². The lowest BCUT2D eigenvalue weighted by molar-refractivity contribution is -0.143. The standard InChI is InChI=1S/C21H35N3O4/c1-21(2,3)28-20(27)24-13-7-8-17(24)19(26)23-14-9-16(10-15-23)18(25)22-11-5-4-6-12-22/h16-17H,4-15H2,1-3H3. The third-order valence-electron chi connectivity index (χ3n) is 5.99. The van der Waals surface area contributed by atoms with Gasteiger partial charge in [-0.25, -0.2) is 4.79 Å². The molecule has 0 aliphatic carbocycles. The summed E-state index contributed by atoms with van der Waals surface area (Å²) in [4.78, 5) is 43.6. The van der Waals surface area contributed by atoms with Crippen LogP contribution >= 0.6 is 0 Å². The van der Waals surface area contributed by atoms with Gasteiger partial charge in [0.15, 0.2) is 0 Å². The van der Waals surface area contributed by atoms with Crippen molar-refractivity contribution in [2.24, 2.45) is 5.92 Å². The van der Waals surface area contributed by atoms with Crippen LogP contribution in [0.2, 0.25) is 0 Å². The minimum absolute atomic E-state index is 0.00670. The number of hydrogen-bond acceptors (Lipinski definition) is 4. The molecule has 3 aliphatic rings. The van der Waals surface area contributed by atoms with Gasteiger partial charge in [-0.2, -0.15) is 0 Å². The Labute approximate surface area is 168 Å². The summed E-state index contributed by atoms with van der Waals surface area (Å²) >= 11 is 0. The summed E-state index contributed by atoms with van der Waals surface area (Å²) in [6.45, 7) is 9.03. The zero-order valence-corrected chi connectivity index (χ0v) is 17.6. The molecule has 0 N–H and O–H groups in total. The molecule has 3 amide bonds. The lowest BCUT2D eigenvalue weighted by atomic mass is 9.94. The van der Waals surface area contributed by atoms with Gasteiger partial charge >= 0.3 is 6.09 Å². The average Bonchev–Trinajstić information content (AvgIpc) is 3.16. The number of hydrogen-bond donors (Lipinski definition) is 0. The number of carbonyl (C=O) groups excluding carboxylic acids is 3. The third-order valence-corrected chi connectivity index (χ3v) is 5.99. The average molecular weight is 394 g/mol. The molecule has 3 fully saturated rings. The fourth-order valence-corrected chi connectivity index (χ4v) is 4.49. The van der Waals surface area contributed by atoms with E-state index in [0.717, 1.165) is 45.2 Å². The summed E-state index contributed by atoms with van der Waals surface area (Å²) in [5.41, 5.74) is -0.569. The predicted molar refractivity (Wildman–Crippen MR) is 106 cm³/mol. The van der Waals surface area contributed by atoms with Crippen molar-refractivity contribution in [1.29, 1.82) is 0 Å². The SMILES string of the molecule is CC(C)(C)OC(=O)N1CCCC1C(=O)N1CCC(C(=O)N2CCCCC2)CC1. The lowest BCUT2D eigenvalue weighted by Crippen LogP contribution is -2.52. The highest BCUT2D eigenvalue weighted by atomic mass is 16.6. The van der Waals surface area contributed by atoms with Gasteiger partial charge in [0, 0.05) is 38.6 Å². The first kappa shape index (κ1) is 20.9. The second-order valence-corrected chi connectivity index (χ2v) is 9.32. The van der Waals surface area contributed by atoms with Gasteiger partial charge < -0.3 is 14.5 Å². The minimum atomic E-state index is -0.569. The van der Waals surface area contributed by atoms with Crippen LogP contribution < -0.4 is 0 Å². The van der Waals surface area contributed by atoms with Crippen LogP contribution in [-0.2, 0) is 14.3 Å². The second-order valence-electron chi connectivity index (χ2n) is 9.32. The van der Waals surface area contributed by atoms with Crippen molar-refractivity contribution in [3.63, 3.8) is 0 Å². The van der Waals surface area contributed by atoms with Gasteiger partial charge in [-0.1, -0.05) is 0 Å². The van der Waals surface area contributed by atoms with Gasteiger partial charge in [0.05, 0.1) is 0 Å². The van der Waals surface area contributed by atoms with Gasteiger partial charge in [-0.05, 0) is 65.7 Å². The molecule has 3 saturated heterocycles. The number of likely N-dealkylation sites (tertiary alicyclic amines) is 3. The molecule has 7 nitrogen and oxygen atoms in total. The molecule has 0 bridgehead atoms. The third kappa shape index (κ3) is 4.97. The molecule has 0 radical (unpaired) electrons. The zero-order valence-electron chi connectivity index (χ0n) is 17.6. The molecule has 7 heteroatoms. The number of rotatable bonds is 2. The molecule has 28 heavy (non-hydrogen) atoms. The van der Waals surface area contributed by atoms with Crippen LogP contribution in [0.25, 0.3) is 0 Å². The molecule has 3 heterocycles. The molecule has 1 unspecified atom stereocenters. The number of amides is 3. The maximum Gasteiger partial charge on any atom is 0.410 e. The van der Waals surface area contributed by atoms with E-state index in [-0.39, 0.29) is 17.7 Å². The van der Waals surface area contributed by atoms with Gasteiger partial charge in [-0.15, -0.1) is 0 Å². The summed E-state index contributed by atoms with van der Waals surface area (Å²) in [6.07, 6.45) is 5.96. The Balaban J connectivity index is 1.52. The van der Waals surface area contributed by atoms with Crippen molar-refractivity contribution in [2.45, 2.75) is 77.4 Å². The fraction of sp³-hybridized carbons (Fsp3) is 0.857. The number of nitrogens with zero attached hydrogens (tertiary/aromatic N) is 3. The van der Waals surface area contributed by atoms with Crippen molar-refractivity contribution < 1.29 is 19.1 Å². The Morgan fingerprint density at radius 1 is 0.750 bits per heavy atom. The highest BCUT2D eigenvalue weighted by Crippen LogP contribution is 2.26. The van der Waals surface area contributed by atoms with E-state index in [1.807, 2.05) is 30.6 Å². The number of piperidine rings is 2. The lowest BCUT2D eigenvalue weighted by Gasteiger charge is -2.37. The Morgan fingerprint density at radius 3 is 1.96 bits per heavy atom. The smallest absolute Gasteiger partial charge is 0.410 e. The highest BCUT2D eigenvalue weighted by molar-refractivity contribution is 5.87. The molecule has 0 saturated carbocycles. The van der Waals surface area contributed by atoms with E-state index >= 15 is 0 Å². The van der Waals surface area contributed by atoms with E-state index in [2.05, 4.69) is 0 Å². The number of ether oxygens (including phenoxy) is 1. The van der Waals surface area contributed by atoms with E-state index < -0.39 is 17.7 Å². The summed E-state index contributed by atoms with van der Waals surface area (Å²) < 4.78 is 5.47. The van der Waals surface area contributed by atoms with E-state index in [1.165, 1.54) is 6.42 Å². The Morgan fingerprint density at radius 2 is 1.36 bits per heavy atom. The van der Waals surface area contributed by atoms with E-state index in [4.69, 9.17) is 4.74 Å². The summed E-state index contributed by atoms with van der Waals surface area (Å²) in [5.74, 6) is 0.308. The summed E-state index contributed by atoms with van der Waals surface area (Å²) in [7, 11) is 0. The largest absolute Gasteiger partial charge is 0.444 e. The van der Waals surface area contributed by atoms with Crippen LogP contribution in [0, 0.1) is 5.92 Å². The van der Waals surface area contributed by atoms with Crippen LogP contribution in [-0.4, -0.2) is 77.0 Å². The maximum absolute atomic E-state index is 13.0. The quantitative estimate of drug-likeness (QED) is 0.723. The van der Waals surface area contributed by atoms with Crippen molar-refractivity contribution in [1.82, 2.24) is 14.7 Å². The van der Waals surface area contributed by atoms with Gasteiger partial charge in [0.2, 0.25) is 11.8 Å². The van der Waals surface area contributed by atoms with Gasteiger partial charge in [0.25, 0.3) is 0 Å². The molecule has 0 aromatic heterocycles. The predicted octanol–water partition coefficient (Wildman–Crippen LogP) is 2.64. The van der Waals surface area contributed by atoms with E-state index in [0.29, 0.717) is 26.1 Å². The molecule has 0 aromatic rings. The number of carbonyl (C=O) groups is 3. The van der Waals surface area contributed by atoms with E-state index in [9.17, 15) is 14.4 Å². The molecule has 0 aromatic carbocycles. The highest BCUT2D eigenvalue weighted by Gasteiger charge is 2.40. The molecule has 158 valence electrons. The van der Waals surface area contributed by atoms with Crippen LogP contribution in [0.15, 0.2) is 0 Å². The molecular formula is C21H35N3O4. The normalized spacial score (nSPS) is 24.4. The van der Waals surface area contributed by atoms with Crippen LogP contribution in [0.5, 0.6) is 0 Å².